The van der Waals surface area contributed by atoms with E-state index in [9.17, 15) is 5.11 Å². The topological polar surface area (TPSA) is 43.0 Å². The van der Waals surface area contributed by atoms with Crippen LogP contribution in [0.4, 0.5) is 0 Å². The molecule has 17 heavy (non-hydrogen) atoms. The van der Waals surface area contributed by atoms with E-state index in [2.05, 4.69) is 22.7 Å². The van der Waals surface area contributed by atoms with Crippen LogP contribution in [0.1, 0.15) is 37.0 Å². The molecule has 0 aromatic carbocycles. The molecule has 2 rings (SSSR count). The number of rotatable bonds is 4. The minimum absolute atomic E-state index is 0.441. The van der Waals surface area contributed by atoms with Crippen molar-refractivity contribution in [1.29, 1.82) is 0 Å². The van der Waals surface area contributed by atoms with E-state index < -0.39 is 6.10 Å². The summed E-state index contributed by atoms with van der Waals surface area (Å²) in [5.74, 6) is 0. The van der Waals surface area contributed by atoms with Crippen LogP contribution >= 0.6 is 0 Å². The maximum atomic E-state index is 9.65. The van der Waals surface area contributed by atoms with E-state index in [0.717, 1.165) is 30.0 Å². The number of aryl methyl sites for hydroxylation is 2. The Balaban J connectivity index is 2.25. The Kier molecular flexibility index (Phi) is 3.33. The van der Waals surface area contributed by atoms with Gasteiger partial charge in [0.05, 0.1) is 24.0 Å². The smallest absolute Gasteiger partial charge is 0.0911 e. The fraction of sp³-hybridized carbons (Fsp3) is 0.462. The number of nitrogens with zero attached hydrogens (tertiary/aromatic N) is 3. The molecular formula is C13H19N3O. The van der Waals surface area contributed by atoms with Crippen LogP contribution in [0.3, 0.4) is 0 Å². The lowest BCUT2D eigenvalue weighted by Gasteiger charge is -2.11. The van der Waals surface area contributed by atoms with Crippen LogP contribution in [-0.4, -0.2) is 19.5 Å². The van der Waals surface area contributed by atoms with Crippen molar-refractivity contribution in [2.24, 2.45) is 7.05 Å². The number of hydrogen-bond donors (Lipinski definition) is 1. The van der Waals surface area contributed by atoms with Crippen LogP contribution in [-0.2, 0) is 20.0 Å². The Morgan fingerprint density at radius 3 is 2.82 bits per heavy atom. The zero-order valence-corrected chi connectivity index (χ0v) is 10.6. The monoisotopic (exact) mass is 233 g/mol. The first-order valence-electron chi connectivity index (χ1n) is 5.96. The minimum atomic E-state index is -0.441. The Hall–Kier alpha value is -1.55. The molecule has 2 aromatic rings. The summed E-state index contributed by atoms with van der Waals surface area (Å²) in [4.78, 5) is 0. The summed E-state index contributed by atoms with van der Waals surface area (Å²) in [6.45, 7) is 4.63. The highest BCUT2D eigenvalue weighted by molar-refractivity contribution is 5.15. The lowest BCUT2D eigenvalue weighted by molar-refractivity contribution is 0.189. The number of aromatic nitrogens is 3. The van der Waals surface area contributed by atoms with Crippen molar-refractivity contribution in [3.05, 3.63) is 41.5 Å². The number of aliphatic hydroxyl groups excluding tert-OH is 1. The van der Waals surface area contributed by atoms with Gasteiger partial charge in [0, 0.05) is 18.9 Å². The molecule has 0 spiro atoms. The summed E-state index contributed by atoms with van der Waals surface area (Å²) in [5.41, 5.74) is 3.19. The van der Waals surface area contributed by atoms with E-state index in [1.54, 1.807) is 6.92 Å². The van der Waals surface area contributed by atoms with Gasteiger partial charge in [0.25, 0.3) is 0 Å². The van der Waals surface area contributed by atoms with Crippen LogP contribution in [0.15, 0.2) is 24.4 Å². The number of aliphatic hydroxyl groups is 1. The summed E-state index contributed by atoms with van der Waals surface area (Å²) in [6, 6.07) is 6.02. The van der Waals surface area contributed by atoms with Crippen LogP contribution in [0.5, 0.6) is 0 Å². The van der Waals surface area contributed by atoms with Gasteiger partial charge >= 0.3 is 0 Å². The fourth-order valence-electron chi connectivity index (χ4n) is 2.02. The second-order valence-corrected chi connectivity index (χ2v) is 4.34. The van der Waals surface area contributed by atoms with E-state index in [1.807, 2.05) is 30.1 Å². The van der Waals surface area contributed by atoms with Gasteiger partial charge in [-0.1, -0.05) is 6.92 Å². The normalized spacial score (nSPS) is 12.9. The summed E-state index contributed by atoms with van der Waals surface area (Å²) < 4.78 is 3.96. The quantitative estimate of drug-likeness (QED) is 0.876. The van der Waals surface area contributed by atoms with Crippen molar-refractivity contribution in [2.75, 3.05) is 0 Å². The first kappa shape index (κ1) is 11.9. The highest BCUT2D eigenvalue weighted by Gasteiger charge is 2.09. The molecule has 1 unspecified atom stereocenters. The molecule has 1 atom stereocenters. The molecule has 0 saturated heterocycles. The van der Waals surface area contributed by atoms with Crippen molar-refractivity contribution in [3.8, 4) is 0 Å². The Morgan fingerprint density at radius 1 is 1.47 bits per heavy atom. The lowest BCUT2D eigenvalue weighted by atomic mass is 10.2. The van der Waals surface area contributed by atoms with Gasteiger partial charge < -0.3 is 9.67 Å². The predicted molar refractivity (Wildman–Crippen MR) is 66.8 cm³/mol. The summed E-state index contributed by atoms with van der Waals surface area (Å²) in [7, 11) is 1.96. The van der Waals surface area contributed by atoms with Crippen LogP contribution in [0.2, 0.25) is 0 Å². The van der Waals surface area contributed by atoms with Gasteiger partial charge in [-0.3, -0.25) is 4.68 Å². The Morgan fingerprint density at radius 2 is 2.24 bits per heavy atom. The van der Waals surface area contributed by atoms with E-state index >= 15 is 0 Å². The van der Waals surface area contributed by atoms with Crippen LogP contribution in [0, 0.1) is 0 Å². The lowest BCUT2D eigenvalue weighted by Crippen LogP contribution is -2.09. The molecule has 2 heterocycles. The number of hydrogen-bond acceptors (Lipinski definition) is 2. The third kappa shape index (κ3) is 2.42. The molecule has 0 aliphatic heterocycles. The molecule has 0 fully saturated rings. The average molecular weight is 233 g/mol. The van der Waals surface area contributed by atoms with E-state index in [1.165, 1.54) is 0 Å². The molecule has 0 aliphatic carbocycles. The van der Waals surface area contributed by atoms with Gasteiger partial charge in [0.2, 0.25) is 0 Å². The van der Waals surface area contributed by atoms with Crippen molar-refractivity contribution in [3.63, 3.8) is 0 Å². The van der Waals surface area contributed by atoms with Crippen LogP contribution < -0.4 is 0 Å². The zero-order chi connectivity index (χ0) is 12.4. The van der Waals surface area contributed by atoms with E-state index in [-0.39, 0.29) is 0 Å². The molecule has 0 bridgehead atoms. The molecule has 0 amide bonds. The Bertz CT molecular complexity index is 496. The van der Waals surface area contributed by atoms with Gasteiger partial charge in [-0.15, -0.1) is 0 Å². The van der Waals surface area contributed by atoms with Crippen molar-refractivity contribution < 1.29 is 5.11 Å². The van der Waals surface area contributed by atoms with Crippen LogP contribution in [0.25, 0.3) is 0 Å². The van der Waals surface area contributed by atoms with Crippen molar-refractivity contribution in [1.82, 2.24) is 14.3 Å². The first-order valence-corrected chi connectivity index (χ1v) is 5.96. The van der Waals surface area contributed by atoms with Gasteiger partial charge in [0.15, 0.2) is 0 Å². The van der Waals surface area contributed by atoms with E-state index in [4.69, 9.17) is 0 Å². The molecule has 92 valence electrons. The minimum Gasteiger partial charge on any atom is -0.387 e. The maximum Gasteiger partial charge on any atom is 0.0911 e. The van der Waals surface area contributed by atoms with Gasteiger partial charge in [0.1, 0.15) is 0 Å². The third-order valence-electron chi connectivity index (χ3n) is 3.01. The second kappa shape index (κ2) is 4.75. The zero-order valence-electron chi connectivity index (χ0n) is 10.6. The largest absolute Gasteiger partial charge is 0.387 e. The van der Waals surface area contributed by atoms with Gasteiger partial charge in [-0.25, -0.2) is 0 Å². The fourth-order valence-corrected chi connectivity index (χ4v) is 2.02. The van der Waals surface area contributed by atoms with Gasteiger partial charge in [-0.2, -0.15) is 5.10 Å². The average Bonchev–Trinajstić information content (AvgIpc) is 2.87. The SMILES string of the molecule is CCc1cc(Cn2cccc2C(C)O)n(C)n1. The molecule has 4 nitrogen and oxygen atoms in total. The summed E-state index contributed by atoms with van der Waals surface area (Å²) in [6.07, 6.45) is 2.49. The predicted octanol–water partition coefficient (Wildman–Crippen LogP) is 1.89. The second-order valence-electron chi connectivity index (χ2n) is 4.34. The molecule has 0 radical (unpaired) electrons. The maximum absolute atomic E-state index is 9.65. The Labute approximate surface area is 101 Å². The summed E-state index contributed by atoms with van der Waals surface area (Å²) >= 11 is 0. The summed E-state index contributed by atoms with van der Waals surface area (Å²) in [5, 5.41) is 14.1. The third-order valence-corrected chi connectivity index (χ3v) is 3.01. The highest BCUT2D eigenvalue weighted by atomic mass is 16.3. The molecule has 0 saturated carbocycles. The van der Waals surface area contributed by atoms with Crippen molar-refractivity contribution >= 4 is 0 Å². The molecule has 4 heteroatoms. The highest BCUT2D eigenvalue weighted by Crippen LogP contribution is 2.15. The molecule has 2 aromatic heterocycles. The standard InChI is InChI=1S/C13H19N3O/c1-4-11-8-12(15(3)14-11)9-16-7-5-6-13(16)10(2)17/h5-8,10,17H,4,9H2,1-3H3. The van der Waals surface area contributed by atoms with Crippen molar-refractivity contribution in [2.45, 2.75) is 32.9 Å². The molecule has 0 aliphatic rings. The first-order chi connectivity index (χ1) is 8.11. The molecular weight excluding hydrogens is 214 g/mol. The molecule has 1 N–H and O–H groups in total. The van der Waals surface area contributed by atoms with E-state index in [0.29, 0.717) is 0 Å². The van der Waals surface area contributed by atoms with Gasteiger partial charge in [-0.05, 0) is 31.5 Å².